The predicted molar refractivity (Wildman–Crippen MR) is 79.8 cm³/mol. The highest BCUT2D eigenvalue weighted by atomic mass is 16.6. The summed E-state index contributed by atoms with van der Waals surface area (Å²) >= 11 is 0. The fourth-order valence-corrected chi connectivity index (χ4v) is 4.37. The van der Waals surface area contributed by atoms with Crippen molar-refractivity contribution in [2.24, 2.45) is 5.73 Å². The van der Waals surface area contributed by atoms with Gasteiger partial charge in [0.25, 0.3) is 0 Å². The quantitative estimate of drug-likeness (QED) is 0.856. The molecule has 4 heteroatoms. The van der Waals surface area contributed by atoms with Gasteiger partial charge in [0.05, 0.1) is 12.2 Å². The van der Waals surface area contributed by atoms with Crippen LogP contribution < -0.4 is 5.73 Å². The molecule has 2 unspecified atom stereocenters. The molecule has 0 amide bonds. The summed E-state index contributed by atoms with van der Waals surface area (Å²) in [4.78, 5) is 2.72. The van der Waals surface area contributed by atoms with Crippen LogP contribution in [0.4, 0.5) is 0 Å². The van der Waals surface area contributed by atoms with Gasteiger partial charge in [-0.15, -0.1) is 0 Å². The van der Waals surface area contributed by atoms with Gasteiger partial charge < -0.3 is 15.2 Å². The lowest BCUT2D eigenvalue weighted by atomic mass is 9.86. The van der Waals surface area contributed by atoms with Gasteiger partial charge in [-0.05, 0) is 25.7 Å². The van der Waals surface area contributed by atoms with Crippen LogP contribution in [-0.2, 0) is 9.47 Å². The van der Waals surface area contributed by atoms with E-state index in [1.807, 2.05) is 0 Å². The molecule has 1 saturated carbocycles. The summed E-state index contributed by atoms with van der Waals surface area (Å²) in [5.41, 5.74) is 5.91. The molecule has 0 radical (unpaired) electrons. The maximum Gasteiger partial charge on any atom is 0.0951 e. The van der Waals surface area contributed by atoms with E-state index in [0.29, 0.717) is 6.04 Å². The fraction of sp³-hybridized carbons (Fsp3) is 1.00. The summed E-state index contributed by atoms with van der Waals surface area (Å²) in [6.45, 7) is 4.38. The van der Waals surface area contributed by atoms with Gasteiger partial charge in [-0.1, -0.05) is 19.3 Å². The first-order valence-electron chi connectivity index (χ1n) is 8.50. The molecule has 2 N–H and O–H groups in total. The summed E-state index contributed by atoms with van der Waals surface area (Å²) < 4.78 is 11.7. The minimum absolute atomic E-state index is 0.0183. The highest BCUT2D eigenvalue weighted by molar-refractivity contribution is 4.95. The van der Waals surface area contributed by atoms with Crippen molar-refractivity contribution < 1.29 is 9.47 Å². The molecule has 1 aliphatic carbocycles. The predicted octanol–water partition coefficient (Wildman–Crippen LogP) is 1.92. The zero-order valence-corrected chi connectivity index (χ0v) is 12.7. The van der Waals surface area contributed by atoms with Crippen LogP contribution in [0.25, 0.3) is 0 Å². The summed E-state index contributed by atoms with van der Waals surface area (Å²) in [7, 11) is 0. The molecule has 0 bridgehead atoms. The van der Waals surface area contributed by atoms with Crippen LogP contribution in [0, 0.1) is 0 Å². The molecule has 116 valence electrons. The van der Waals surface area contributed by atoms with Gasteiger partial charge in [0.2, 0.25) is 0 Å². The molecule has 3 fully saturated rings. The van der Waals surface area contributed by atoms with Gasteiger partial charge >= 0.3 is 0 Å². The molecule has 20 heavy (non-hydrogen) atoms. The van der Waals surface area contributed by atoms with Crippen molar-refractivity contribution in [1.29, 1.82) is 0 Å². The summed E-state index contributed by atoms with van der Waals surface area (Å²) in [5, 5.41) is 0. The monoisotopic (exact) mass is 282 g/mol. The Bertz CT molecular complexity index is 299. The second-order valence-corrected chi connectivity index (χ2v) is 6.80. The second kappa shape index (κ2) is 6.73. The third-order valence-corrected chi connectivity index (χ3v) is 5.43. The lowest BCUT2D eigenvalue weighted by Gasteiger charge is -2.46. The Morgan fingerprint density at radius 3 is 2.60 bits per heavy atom. The van der Waals surface area contributed by atoms with Crippen LogP contribution >= 0.6 is 0 Å². The van der Waals surface area contributed by atoms with Gasteiger partial charge in [0, 0.05) is 44.8 Å². The molecule has 2 saturated heterocycles. The molecule has 4 nitrogen and oxygen atoms in total. The van der Waals surface area contributed by atoms with E-state index >= 15 is 0 Å². The number of hydrogen-bond acceptors (Lipinski definition) is 4. The van der Waals surface area contributed by atoms with Gasteiger partial charge in [-0.25, -0.2) is 0 Å². The average molecular weight is 282 g/mol. The number of ether oxygens (including phenoxy) is 2. The standard InChI is InChI=1S/C16H30N2O2/c17-8-9-18(14-4-2-1-3-5-14)15-6-10-20-16(12-15)7-11-19-13-16/h14-15H,1-13,17H2. The number of hydrogen-bond donors (Lipinski definition) is 1. The normalized spacial score (nSPS) is 36.0. The topological polar surface area (TPSA) is 47.7 Å². The minimum Gasteiger partial charge on any atom is -0.378 e. The second-order valence-electron chi connectivity index (χ2n) is 6.80. The highest BCUT2D eigenvalue weighted by Crippen LogP contribution is 2.36. The van der Waals surface area contributed by atoms with Crippen molar-refractivity contribution in [3.8, 4) is 0 Å². The number of nitrogens with two attached hydrogens (primary N) is 1. The molecular formula is C16H30N2O2. The first-order chi connectivity index (χ1) is 9.83. The van der Waals surface area contributed by atoms with Crippen molar-refractivity contribution in [3.63, 3.8) is 0 Å². The van der Waals surface area contributed by atoms with Gasteiger partial charge in [0.1, 0.15) is 0 Å². The smallest absolute Gasteiger partial charge is 0.0951 e. The van der Waals surface area contributed by atoms with Crippen LogP contribution in [0.2, 0.25) is 0 Å². The van der Waals surface area contributed by atoms with E-state index in [0.717, 1.165) is 58.2 Å². The van der Waals surface area contributed by atoms with E-state index < -0.39 is 0 Å². The molecule has 3 aliphatic rings. The molecule has 0 aromatic carbocycles. The average Bonchev–Trinajstić information content (AvgIpc) is 2.93. The van der Waals surface area contributed by atoms with E-state index in [2.05, 4.69) is 4.90 Å². The molecule has 3 rings (SSSR count). The van der Waals surface area contributed by atoms with Crippen molar-refractivity contribution >= 4 is 0 Å². The summed E-state index contributed by atoms with van der Waals surface area (Å²) in [6, 6.07) is 1.41. The van der Waals surface area contributed by atoms with Gasteiger partial charge in [-0.2, -0.15) is 0 Å². The maximum atomic E-state index is 6.09. The molecule has 2 atom stereocenters. The maximum absolute atomic E-state index is 6.09. The van der Waals surface area contributed by atoms with E-state index in [9.17, 15) is 0 Å². The largest absolute Gasteiger partial charge is 0.378 e. The van der Waals surface area contributed by atoms with Gasteiger partial charge in [-0.3, -0.25) is 4.90 Å². The third kappa shape index (κ3) is 3.19. The van der Waals surface area contributed by atoms with Crippen molar-refractivity contribution in [2.45, 2.75) is 69.1 Å². The first-order valence-corrected chi connectivity index (χ1v) is 8.50. The summed E-state index contributed by atoms with van der Waals surface area (Å²) in [6.07, 6.45) is 10.3. The molecular weight excluding hydrogens is 252 g/mol. The Kier molecular flexibility index (Phi) is 4.97. The Morgan fingerprint density at radius 2 is 1.90 bits per heavy atom. The van der Waals surface area contributed by atoms with Crippen LogP contribution in [0.3, 0.4) is 0 Å². The van der Waals surface area contributed by atoms with Crippen LogP contribution in [-0.4, -0.2) is 55.5 Å². The Balaban J connectivity index is 1.66. The van der Waals surface area contributed by atoms with Gasteiger partial charge in [0.15, 0.2) is 0 Å². The van der Waals surface area contributed by atoms with Crippen molar-refractivity contribution in [2.75, 3.05) is 32.9 Å². The Morgan fingerprint density at radius 1 is 1.05 bits per heavy atom. The minimum atomic E-state index is 0.0183. The SMILES string of the molecule is NCCN(C1CCCCC1)C1CCOC2(CCOC2)C1. The molecule has 0 aromatic heterocycles. The first kappa shape index (κ1) is 14.8. The number of rotatable bonds is 4. The zero-order valence-electron chi connectivity index (χ0n) is 12.7. The van der Waals surface area contributed by atoms with E-state index in [1.54, 1.807) is 0 Å². The highest BCUT2D eigenvalue weighted by Gasteiger charge is 2.43. The van der Waals surface area contributed by atoms with E-state index in [4.69, 9.17) is 15.2 Å². The third-order valence-electron chi connectivity index (χ3n) is 5.43. The van der Waals surface area contributed by atoms with Crippen LogP contribution in [0.1, 0.15) is 51.4 Å². The molecule has 1 spiro atoms. The molecule has 2 aliphatic heterocycles. The lowest BCUT2D eigenvalue weighted by molar-refractivity contribution is -0.112. The lowest BCUT2D eigenvalue weighted by Crippen LogP contribution is -2.53. The Hall–Kier alpha value is -0.160. The van der Waals surface area contributed by atoms with E-state index in [-0.39, 0.29) is 5.60 Å². The number of nitrogens with zero attached hydrogens (tertiary/aromatic N) is 1. The van der Waals surface area contributed by atoms with Crippen molar-refractivity contribution in [1.82, 2.24) is 4.90 Å². The summed E-state index contributed by atoms with van der Waals surface area (Å²) in [5.74, 6) is 0. The van der Waals surface area contributed by atoms with Crippen LogP contribution in [0.15, 0.2) is 0 Å². The van der Waals surface area contributed by atoms with Crippen molar-refractivity contribution in [3.05, 3.63) is 0 Å². The van der Waals surface area contributed by atoms with E-state index in [1.165, 1.54) is 32.1 Å². The molecule has 2 heterocycles. The Labute approximate surface area is 123 Å². The molecule has 0 aromatic rings. The zero-order chi connectivity index (χ0) is 13.8. The fourth-order valence-electron chi connectivity index (χ4n) is 4.37. The van der Waals surface area contributed by atoms with Crippen LogP contribution in [0.5, 0.6) is 0 Å².